The van der Waals surface area contributed by atoms with E-state index < -0.39 is 5.41 Å². The molecule has 2 N–H and O–H groups in total. The molecule has 1 aromatic rings. The SMILES string of the molecule is CC(C)CC[N@+]1(C(=O)CCCCC(C#N)(c2cccs2)C(C)C)CCCC1C(N)=O. The van der Waals surface area contributed by atoms with Gasteiger partial charge in [-0.2, -0.15) is 5.26 Å². The lowest BCUT2D eigenvalue weighted by Gasteiger charge is -2.37. The van der Waals surface area contributed by atoms with Gasteiger partial charge in [-0.3, -0.25) is 9.28 Å². The van der Waals surface area contributed by atoms with E-state index in [-0.39, 0.29) is 28.3 Å². The molecular formula is C24H38N3O2S+. The Morgan fingerprint density at radius 3 is 2.60 bits per heavy atom. The number of thiophene rings is 1. The van der Waals surface area contributed by atoms with Crippen LogP contribution in [-0.4, -0.2) is 35.4 Å². The smallest absolute Gasteiger partial charge is 0.314 e. The van der Waals surface area contributed by atoms with Crippen LogP contribution in [-0.2, 0) is 15.0 Å². The fourth-order valence-corrected chi connectivity index (χ4v) is 5.96. The van der Waals surface area contributed by atoms with Gasteiger partial charge in [0.15, 0.2) is 6.04 Å². The quantitative estimate of drug-likeness (QED) is 0.404. The average molecular weight is 433 g/mol. The van der Waals surface area contributed by atoms with E-state index in [1.807, 2.05) is 17.5 Å². The van der Waals surface area contributed by atoms with E-state index in [1.54, 1.807) is 11.3 Å². The Kier molecular flexibility index (Phi) is 8.63. The number of nitriles is 1. The molecular weight excluding hydrogens is 394 g/mol. The van der Waals surface area contributed by atoms with Gasteiger partial charge in [-0.05, 0) is 42.5 Å². The molecule has 166 valence electrons. The summed E-state index contributed by atoms with van der Waals surface area (Å²) in [5, 5.41) is 12.0. The summed E-state index contributed by atoms with van der Waals surface area (Å²) in [5.41, 5.74) is 5.20. The maximum Gasteiger partial charge on any atom is 0.314 e. The predicted octanol–water partition coefficient (Wildman–Crippen LogP) is 4.76. The first-order chi connectivity index (χ1) is 14.2. The summed E-state index contributed by atoms with van der Waals surface area (Å²) in [6.45, 7) is 9.92. The molecule has 0 bridgehead atoms. The number of likely N-dealkylation sites (tertiary alicyclic amines) is 1. The number of nitrogens with zero attached hydrogens (tertiary/aromatic N) is 2. The van der Waals surface area contributed by atoms with Gasteiger partial charge in [0, 0.05) is 17.7 Å². The van der Waals surface area contributed by atoms with Gasteiger partial charge in [0.05, 0.1) is 31.0 Å². The highest BCUT2D eigenvalue weighted by molar-refractivity contribution is 7.10. The lowest BCUT2D eigenvalue weighted by Crippen LogP contribution is -2.60. The van der Waals surface area contributed by atoms with Crippen molar-refractivity contribution < 1.29 is 14.1 Å². The number of quaternary nitrogens is 1. The van der Waals surface area contributed by atoms with E-state index in [9.17, 15) is 14.9 Å². The Morgan fingerprint density at radius 2 is 2.07 bits per heavy atom. The molecule has 2 amide bonds. The molecule has 0 spiro atoms. The number of amides is 2. The molecule has 0 saturated carbocycles. The second-order valence-electron chi connectivity index (χ2n) is 9.54. The molecule has 6 heteroatoms. The molecule has 1 aromatic heterocycles. The van der Waals surface area contributed by atoms with Crippen molar-refractivity contribution in [2.45, 2.75) is 84.1 Å². The predicted molar refractivity (Wildman–Crippen MR) is 122 cm³/mol. The van der Waals surface area contributed by atoms with Gasteiger partial charge >= 0.3 is 5.91 Å². The van der Waals surface area contributed by atoms with Crippen LogP contribution in [0, 0.1) is 23.2 Å². The van der Waals surface area contributed by atoms with E-state index in [4.69, 9.17) is 5.73 Å². The van der Waals surface area contributed by atoms with Gasteiger partial charge in [0.25, 0.3) is 5.91 Å². The highest BCUT2D eigenvalue weighted by Crippen LogP contribution is 2.39. The molecule has 30 heavy (non-hydrogen) atoms. The molecule has 3 atom stereocenters. The molecule has 5 nitrogen and oxygen atoms in total. The summed E-state index contributed by atoms with van der Waals surface area (Å²) < 4.78 is 0.242. The summed E-state index contributed by atoms with van der Waals surface area (Å²) in [6, 6.07) is 6.25. The molecule has 0 aromatic carbocycles. The van der Waals surface area contributed by atoms with Crippen molar-refractivity contribution in [1.82, 2.24) is 0 Å². The van der Waals surface area contributed by atoms with Crippen LogP contribution in [0.25, 0.3) is 0 Å². The zero-order valence-electron chi connectivity index (χ0n) is 19.0. The van der Waals surface area contributed by atoms with E-state index in [2.05, 4.69) is 33.8 Å². The van der Waals surface area contributed by atoms with Crippen LogP contribution < -0.4 is 5.73 Å². The lowest BCUT2D eigenvalue weighted by molar-refractivity contribution is -0.858. The fourth-order valence-electron chi connectivity index (χ4n) is 4.91. The van der Waals surface area contributed by atoms with E-state index in [1.165, 1.54) is 0 Å². The van der Waals surface area contributed by atoms with Crippen molar-refractivity contribution in [3.63, 3.8) is 0 Å². The number of rotatable bonds is 11. The number of hydrogen-bond acceptors (Lipinski definition) is 4. The van der Waals surface area contributed by atoms with Gasteiger partial charge in [-0.1, -0.05) is 40.2 Å². The zero-order valence-corrected chi connectivity index (χ0v) is 19.8. The van der Waals surface area contributed by atoms with Crippen LogP contribution in [0.5, 0.6) is 0 Å². The summed E-state index contributed by atoms with van der Waals surface area (Å²) >= 11 is 1.64. The maximum atomic E-state index is 13.4. The molecule has 2 unspecified atom stereocenters. The van der Waals surface area contributed by atoms with Gasteiger partial charge in [-0.25, -0.2) is 4.79 Å². The third kappa shape index (κ3) is 5.12. The molecule has 0 aliphatic carbocycles. The zero-order chi connectivity index (χ0) is 22.4. The molecule has 1 aliphatic rings. The Morgan fingerprint density at radius 1 is 1.33 bits per heavy atom. The first kappa shape index (κ1) is 24.6. The Balaban J connectivity index is 2.05. The normalized spacial score (nSPS) is 23.4. The van der Waals surface area contributed by atoms with Crippen molar-refractivity contribution in [2.75, 3.05) is 13.1 Å². The van der Waals surface area contributed by atoms with Crippen molar-refractivity contribution in [3.8, 4) is 6.07 Å². The third-order valence-electron chi connectivity index (χ3n) is 6.92. The van der Waals surface area contributed by atoms with Gasteiger partial charge in [0.2, 0.25) is 0 Å². The molecule has 2 rings (SSSR count). The van der Waals surface area contributed by atoms with Crippen molar-refractivity contribution >= 4 is 23.2 Å². The Bertz CT molecular complexity index is 753. The van der Waals surface area contributed by atoms with Crippen molar-refractivity contribution in [1.29, 1.82) is 5.26 Å². The van der Waals surface area contributed by atoms with Crippen LogP contribution in [0.4, 0.5) is 0 Å². The highest BCUT2D eigenvalue weighted by atomic mass is 32.1. The first-order valence-electron chi connectivity index (χ1n) is 11.3. The highest BCUT2D eigenvalue weighted by Gasteiger charge is 2.50. The summed E-state index contributed by atoms with van der Waals surface area (Å²) in [6.07, 6.45) is 5.27. The number of carbonyl (C=O) groups is 2. The van der Waals surface area contributed by atoms with E-state index in [0.29, 0.717) is 25.3 Å². The van der Waals surface area contributed by atoms with Gasteiger partial charge in [0.1, 0.15) is 0 Å². The Hall–Kier alpha value is -1.71. The van der Waals surface area contributed by atoms with E-state index >= 15 is 0 Å². The average Bonchev–Trinajstić information content (AvgIpc) is 3.37. The standard InChI is InChI=1S/C24H37N3O2S/c1-18(2)12-15-27(14-7-9-20(27)23(26)29)22(28)11-5-6-13-24(17-25,19(3)4)21-10-8-16-30-21/h8,10,16,18-20H,5-7,9,11-15H2,1-4H3,(H-,26,29)/p+1/t20?,24?,27-/m1/s1. The van der Waals surface area contributed by atoms with Crippen LogP contribution >= 0.6 is 11.3 Å². The van der Waals surface area contributed by atoms with Crippen LogP contribution in [0.15, 0.2) is 17.5 Å². The molecule has 1 saturated heterocycles. The molecule has 1 fully saturated rings. The van der Waals surface area contributed by atoms with Crippen molar-refractivity contribution in [3.05, 3.63) is 22.4 Å². The molecule has 0 radical (unpaired) electrons. The Labute approximate surface area is 185 Å². The number of primary amides is 1. The van der Waals surface area contributed by atoms with Crippen LogP contribution in [0.3, 0.4) is 0 Å². The summed E-state index contributed by atoms with van der Waals surface area (Å²) in [5.74, 6) is 0.500. The monoisotopic (exact) mass is 432 g/mol. The fraction of sp³-hybridized carbons (Fsp3) is 0.708. The molecule has 2 heterocycles. The second-order valence-corrected chi connectivity index (χ2v) is 10.5. The van der Waals surface area contributed by atoms with Gasteiger partial charge in [-0.15, -0.1) is 11.3 Å². The van der Waals surface area contributed by atoms with E-state index in [0.717, 1.165) is 43.5 Å². The topological polar surface area (TPSA) is 83.9 Å². The number of nitrogens with two attached hydrogens (primary N) is 1. The summed E-state index contributed by atoms with van der Waals surface area (Å²) in [7, 11) is 0. The lowest BCUT2D eigenvalue weighted by atomic mass is 9.73. The second kappa shape index (κ2) is 10.5. The first-order valence-corrected chi connectivity index (χ1v) is 12.2. The maximum absolute atomic E-state index is 13.4. The number of hydrogen-bond donors (Lipinski definition) is 1. The minimum Gasteiger partial charge on any atom is -0.364 e. The minimum atomic E-state index is -0.496. The van der Waals surface area contributed by atoms with Crippen LogP contribution in [0.1, 0.15) is 77.5 Å². The molecule has 1 aliphatic heterocycles. The third-order valence-corrected chi connectivity index (χ3v) is 7.97. The largest absolute Gasteiger partial charge is 0.364 e. The van der Waals surface area contributed by atoms with Crippen LogP contribution in [0.2, 0.25) is 0 Å². The van der Waals surface area contributed by atoms with Crippen molar-refractivity contribution in [2.24, 2.45) is 17.6 Å². The number of unbranched alkanes of at least 4 members (excludes halogenated alkanes) is 1. The minimum absolute atomic E-state index is 0.153. The number of carbonyl (C=O) groups excluding carboxylic acids is 2. The van der Waals surface area contributed by atoms with Gasteiger partial charge < -0.3 is 5.73 Å². The summed E-state index contributed by atoms with van der Waals surface area (Å²) in [4.78, 5) is 26.6.